The van der Waals surface area contributed by atoms with E-state index in [0.29, 0.717) is 10.0 Å². The minimum atomic E-state index is -0.0326. The molecule has 0 bridgehead atoms. The van der Waals surface area contributed by atoms with E-state index in [1.807, 2.05) is 12.1 Å². The summed E-state index contributed by atoms with van der Waals surface area (Å²) in [6.07, 6.45) is 0.897. The van der Waals surface area contributed by atoms with Crippen molar-refractivity contribution in [1.29, 1.82) is 0 Å². The molecule has 0 fully saturated rings. The molecule has 1 atom stereocenters. The second-order valence-electron chi connectivity index (χ2n) is 5.04. The Bertz CT molecular complexity index is 342. The summed E-state index contributed by atoms with van der Waals surface area (Å²) in [5, 5.41) is 1.30. The van der Waals surface area contributed by atoms with Gasteiger partial charge in [0.25, 0.3) is 0 Å². The molecule has 0 radical (unpaired) electrons. The van der Waals surface area contributed by atoms with E-state index in [9.17, 15) is 0 Å². The third kappa shape index (κ3) is 4.02. The van der Waals surface area contributed by atoms with Gasteiger partial charge in [-0.3, -0.25) is 0 Å². The summed E-state index contributed by atoms with van der Waals surface area (Å²) >= 11 is 11.9. The number of benzene rings is 1. The Hall–Kier alpha value is -0.240. The van der Waals surface area contributed by atoms with Gasteiger partial charge in [-0.1, -0.05) is 50.0 Å². The minimum Gasteiger partial charge on any atom is -0.324 e. The Kier molecular flexibility index (Phi) is 4.05. The highest BCUT2D eigenvalue weighted by atomic mass is 35.5. The predicted molar refractivity (Wildman–Crippen MR) is 67.5 cm³/mol. The van der Waals surface area contributed by atoms with Gasteiger partial charge in [0.1, 0.15) is 0 Å². The summed E-state index contributed by atoms with van der Waals surface area (Å²) in [6.45, 7) is 6.49. The van der Waals surface area contributed by atoms with Gasteiger partial charge in [-0.05, 0) is 29.5 Å². The fourth-order valence-corrected chi connectivity index (χ4v) is 2.12. The lowest BCUT2D eigenvalue weighted by molar-refractivity contribution is 0.343. The fraction of sp³-hybridized carbons (Fsp3) is 0.500. The number of nitrogens with two attached hydrogens (primary N) is 1. The summed E-state index contributed by atoms with van der Waals surface area (Å²) in [5.74, 6) is 0. The monoisotopic (exact) mass is 245 g/mol. The molecular formula is C12H17Cl2N. The predicted octanol–water partition coefficient (Wildman–Crippen LogP) is 4.43. The van der Waals surface area contributed by atoms with Crippen LogP contribution < -0.4 is 5.73 Å². The van der Waals surface area contributed by atoms with Crippen molar-refractivity contribution < 1.29 is 0 Å². The standard InChI is InChI=1S/C12H17Cl2N/c1-12(2,3)7-11(15)9-5-4-8(13)6-10(9)14/h4-6,11H,7,15H2,1-3H3. The maximum absolute atomic E-state index is 6.10. The quantitative estimate of drug-likeness (QED) is 0.820. The Labute approximate surface area is 102 Å². The number of halogens is 2. The topological polar surface area (TPSA) is 26.0 Å². The summed E-state index contributed by atoms with van der Waals surface area (Å²) in [4.78, 5) is 0. The van der Waals surface area contributed by atoms with Crippen molar-refractivity contribution in [2.45, 2.75) is 33.2 Å². The molecule has 0 aliphatic rings. The Morgan fingerprint density at radius 2 is 1.87 bits per heavy atom. The lowest BCUT2D eigenvalue weighted by Crippen LogP contribution is -2.19. The van der Waals surface area contributed by atoms with Crippen molar-refractivity contribution in [3.05, 3.63) is 33.8 Å². The van der Waals surface area contributed by atoms with Gasteiger partial charge >= 0.3 is 0 Å². The van der Waals surface area contributed by atoms with Crippen LogP contribution in [-0.2, 0) is 0 Å². The number of hydrogen-bond donors (Lipinski definition) is 1. The van der Waals surface area contributed by atoms with Crippen LogP contribution in [-0.4, -0.2) is 0 Å². The van der Waals surface area contributed by atoms with Gasteiger partial charge in [-0.15, -0.1) is 0 Å². The molecule has 1 nitrogen and oxygen atoms in total. The van der Waals surface area contributed by atoms with Crippen molar-refractivity contribution in [2.24, 2.45) is 11.1 Å². The van der Waals surface area contributed by atoms with Crippen molar-refractivity contribution in [3.8, 4) is 0 Å². The average Bonchev–Trinajstić information content (AvgIpc) is 1.99. The van der Waals surface area contributed by atoms with E-state index in [1.165, 1.54) is 0 Å². The van der Waals surface area contributed by atoms with Crippen molar-refractivity contribution in [2.75, 3.05) is 0 Å². The zero-order chi connectivity index (χ0) is 11.6. The van der Waals surface area contributed by atoms with Gasteiger partial charge < -0.3 is 5.73 Å². The van der Waals surface area contributed by atoms with Gasteiger partial charge in [0.2, 0.25) is 0 Å². The molecule has 0 aliphatic heterocycles. The molecule has 2 N–H and O–H groups in total. The summed E-state index contributed by atoms with van der Waals surface area (Å²) < 4.78 is 0. The Balaban J connectivity index is 2.87. The lowest BCUT2D eigenvalue weighted by Gasteiger charge is -2.24. The molecule has 0 aliphatic carbocycles. The molecule has 1 aromatic rings. The summed E-state index contributed by atoms with van der Waals surface area (Å²) in [5.41, 5.74) is 7.27. The largest absolute Gasteiger partial charge is 0.324 e. The molecule has 3 heteroatoms. The Morgan fingerprint density at radius 1 is 1.27 bits per heavy atom. The fourth-order valence-electron chi connectivity index (χ4n) is 1.57. The van der Waals surface area contributed by atoms with Gasteiger partial charge in [0, 0.05) is 16.1 Å². The van der Waals surface area contributed by atoms with Crippen molar-refractivity contribution in [1.82, 2.24) is 0 Å². The van der Waals surface area contributed by atoms with Crippen LogP contribution in [0.5, 0.6) is 0 Å². The van der Waals surface area contributed by atoms with E-state index in [4.69, 9.17) is 28.9 Å². The van der Waals surface area contributed by atoms with E-state index in [-0.39, 0.29) is 11.5 Å². The van der Waals surface area contributed by atoms with Gasteiger partial charge in [0.05, 0.1) is 0 Å². The van der Waals surface area contributed by atoms with Crippen LogP contribution in [0.4, 0.5) is 0 Å². The van der Waals surface area contributed by atoms with Crippen molar-refractivity contribution in [3.63, 3.8) is 0 Å². The SMILES string of the molecule is CC(C)(C)CC(N)c1ccc(Cl)cc1Cl. The van der Waals surface area contributed by atoms with E-state index in [1.54, 1.807) is 6.07 Å². The van der Waals surface area contributed by atoms with Gasteiger partial charge in [-0.2, -0.15) is 0 Å². The van der Waals surface area contributed by atoms with E-state index < -0.39 is 0 Å². The number of rotatable bonds is 2. The van der Waals surface area contributed by atoms with Gasteiger partial charge in [-0.25, -0.2) is 0 Å². The highest BCUT2D eigenvalue weighted by Gasteiger charge is 2.18. The second-order valence-corrected chi connectivity index (χ2v) is 5.88. The third-order valence-electron chi connectivity index (χ3n) is 2.19. The first-order valence-electron chi connectivity index (χ1n) is 5.00. The van der Waals surface area contributed by atoms with Crippen LogP contribution in [0.15, 0.2) is 18.2 Å². The van der Waals surface area contributed by atoms with E-state index in [2.05, 4.69) is 20.8 Å². The zero-order valence-electron chi connectivity index (χ0n) is 9.35. The maximum atomic E-state index is 6.10. The molecule has 15 heavy (non-hydrogen) atoms. The molecule has 1 unspecified atom stereocenters. The first-order valence-corrected chi connectivity index (χ1v) is 5.76. The molecule has 0 aromatic heterocycles. The highest BCUT2D eigenvalue weighted by Crippen LogP contribution is 2.32. The normalized spacial score (nSPS) is 14.0. The lowest BCUT2D eigenvalue weighted by atomic mass is 9.86. The highest BCUT2D eigenvalue weighted by molar-refractivity contribution is 6.35. The summed E-state index contributed by atoms with van der Waals surface area (Å²) in [7, 11) is 0. The molecular weight excluding hydrogens is 229 g/mol. The van der Waals surface area contributed by atoms with Crippen LogP contribution in [0.2, 0.25) is 10.0 Å². The smallest absolute Gasteiger partial charge is 0.0468 e. The van der Waals surface area contributed by atoms with Gasteiger partial charge in [0.15, 0.2) is 0 Å². The third-order valence-corrected chi connectivity index (χ3v) is 2.76. The molecule has 0 spiro atoms. The molecule has 84 valence electrons. The Morgan fingerprint density at radius 3 is 2.33 bits per heavy atom. The van der Waals surface area contributed by atoms with E-state index in [0.717, 1.165) is 12.0 Å². The molecule has 0 saturated heterocycles. The first kappa shape index (κ1) is 12.8. The first-order chi connectivity index (χ1) is 6.79. The molecule has 0 heterocycles. The molecule has 1 rings (SSSR count). The number of hydrogen-bond acceptors (Lipinski definition) is 1. The zero-order valence-corrected chi connectivity index (χ0v) is 10.9. The summed E-state index contributed by atoms with van der Waals surface area (Å²) in [6, 6.07) is 5.43. The van der Waals surface area contributed by atoms with Crippen LogP contribution in [0.1, 0.15) is 38.8 Å². The molecule has 1 aromatic carbocycles. The molecule has 0 saturated carbocycles. The van der Waals surface area contributed by atoms with Crippen LogP contribution in [0.25, 0.3) is 0 Å². The molecule has 0 amide bonds. The van der Waals surface area contributed by atoms with Crippen LogP contribution in [0, 0.1) is 5.41 Å². The van der Waals surface area contributed by atoms with E-state index >= 15 is 0 Å². The van der Waals surface area contributed by atoms with Crippen LogP contribution in [0.3, 0.4) is 0 Å². The van der Waals surface area contributed by atoms with Crippen molar-refractivity contribution >= 4 is 23.2 Å². The van der Waals surface area contributed by atoms with Crippen LogP contribution >= 0.6 is 23.2 Å². The maximum Gasteiger partial charge on any atom is 0.0468 e. The second kappa shape index (κ2) is 4.73. The minimum absolute atomic E-state index is 0.0326. The average molecular weight is 246 g/mol.